The number of hydrogen-bond acceptors (Lipinski definition) is 5. The minimum atomic E-state index is -0.321. The van der Waals surface area contributed by atoms with Crippen LogP contribution in [-0.4, -0.2) is 50.1 Å². The van der Waals surface area contributed by atoms with Crippen LogP contribution in [0.5, 0.6) is 11.5 Å². The molecule has 2 N–H and O–H groups in total. The molecule has 1 aliphatic heterocycles. The van der Waals surface area contributed by atoms with Crippen molar-refractivity contribution in [3.8, 4) is 11.5 Å². The molecule has 1 heterocycles. The second kappa shape index (κ2) is 9.23. The van der Waals surface area contributed by atoms with E-state index >= 15 is 0 Å². The minimum absolute atomic E-state index is 0.100. The van der Waals surface area contributed by atoms with Crippen LogP contribution in [0, 0.1) is 0 Å². The largest absolute Gasteiger partial charge is 0.497 e. The Balaban J connectivity index is 1.57. The lowest BCUT2D eigenvalue weighted by molar-refractivity contribution is -0.122. The first-order valence-corrected chi connectivity index (χ1v) is 9.22. The SMILES string of the molecule is COc1ccc(NC(=O)C2CCCN2CC(=O)Nc2cccc(OC)c2)cc1. The van der Waals surface area contributed by atoms with Gasteiger partial charge < -0.3 is 20.1 Å². The quantitative estimate of drug-likeness (QED) is 0.769. The zero-order valence-electron chi connectivity index (χ0n) is 16.1. The number of rotatable bonds is 7. The average Bonchev–Trinajstić information content (AvgIpc) is 3.16. The van der Waals surface area contributed by atoms with Crippen molar-refractivity contribution in [1.82, 2.24) is 4.90 Å². The van der Waals surface area contributed by atoms with E-state index in [9.17, 15) is 9.59 Å². The van der Waals surface area contributed by atoms with E-state index in [2.05, 4.69) is 10.6 Å². The predicted molar refractivity (Wildman–Crippen MR) is 108 cm³/mol. The molecule has 2 aromatic rings. The maximum atomic E-state index is 12.7. The normalized spacial score (nSPS) is 16.4. The molecule has 1 saturated heterocycles. The minimum Gasteiger partial charge on any atom is -0.497 e. The van der Waals surface area contributed by atoms with Gasteiger partial charge in [-0.2, -0.15) is 0 Å². The molecule has 148 valence electrons. The molecule has 0 radical (unpaired) electrons. The van der Waals surface area contributed by atoms with Gasteiger partial charge in [0.25, 0.3) is 0 Å². The highest BCUT2D eigenvalue weighted by atomic mass is 16.5. The summed E-state index contributed by atoms with van der Waals surface area (Å²) in [5.74, 6) is 1.15. The second-order valence-corrected chi connectivity index (χ2v) is 6.63. The molecular formula is C21H25N3O4. The first-order valence-electron chi connectivity index (χ1n) is 9.22. The van der Waals surface area contributed by atoms with Gasteiger partial charge in [-0.15, -0.1) is 0 Å². The molecule has 0 saturated carbocycles. The van der Waals surface area contributed by atoms with Gasteiger partial charge in [-0.3, -0.25) is 14.5 Å². The van der Waals surface area contributed by atoms with Crippen LogP contribution in [-0.2, 0) is 9.59 Å². The Kier molecular flexibility index (Phi) is 6.49. The van der Waals surface area contributed by atoms with Crippen molar-refractivity contribution in [2.75, 3.05) is 37.9 Å². The van der Waals surface area contributed by atoms with E-state index in [1.807, 2.05) is 17.0 Å². The number of ether oxygens (including phenoxy) is 2. The fraction of sp³-hybridized carbons (Fsp3) is 0.333. The lowest BCUT2D eigenvalue weighted by Gasteiger charge is -2.23. The summed E-state index contributed by atoms with van der Waals surface area (Å²) in [4.78, 5) is 27.0. The monoisotopic (exact) mass is 383 g/mol. The maximum Gasteiger partial charge on any atom is 0.241 e. The smallest absolute Gasteiger partial charge is 0.241 e. The Morgan fingerprint density at radius 2 is 1.75 bits per heavy atom. The summed E-state index contributed by atoms with van der Waals surface area (Å²) in [6.07, 6.45) is 1.61. The highest BCUT2D eigenvalue weighted by molar-refractivity contribution is 5.96. The van der Waals surface area contributed by atoms with Crippen molar-refractivity contribution in [2.24, 2.45) is 0 Å². The van der Waals surface area contributed by atoms with Crippen LogP contribution < -0.4 is 20.1 Å². The fourth-order valence-corrected chi connectivity index (χ4v) is 3.30. The molecular weight excluding hydrogens is 358 g/mol. The number of carbonyl (C=O) groups excluding carboxylic acids is 2. The number of likely N-dealkylation sites (tertiary alicyclic amines) is 1. The van der Waals surface area contributed by atoms with Gasteiger partial charge in [0.1, 0.15) is 11.5 Å². The molecule has 3 rings (SSSR count). The first kappa shape index (κ1) is 19.7. The molecule has 0 bridgehead atoms. The molecule has 28 heavy (non-hydrogen) atoms. The van der Waals surface area contributed by atoms with Crippen LogP contribution in [0.1, 0.15) is 12.8 Å². The molecule has 1 aliphatic rings. The number of hydrogen-bond donors (Lipinski definition) is 2. The molecule has 0 aromatic heterocycles. The number of amides is 2. The zero-order chi connectivity index (χ0) is 19.9. The van der Waals surface area contributed by atoms with Gasteiger partial charge in [0.15, 0.2) is 0 Å². The molecule has 0 spiro atoms. The van der Waals surface area contributed by atoms with Gasteiger partial charge >= 0.3 is 0 Å². The average molecular weight is 383 g/mol. The van der Waals surface area contributed by atoms with Crippen molar-refractivity contribution in [2.45, 2.75) is 18.9 Å². The standard InChI is InChI=1S/C21H25N3O4/c1-27-17-10-8-15(9-11-17)23-21(26)19-7-4-12-24(19)14-20(25)22-16-5-3-6-18(13-16)28-2/h3,5-6,8-11,13,19H,4,7,12,14H2,1-2H3,(H,22,25)(H,23,26). The van der Waals surface area contributed by atoms with E-state index in [0.29, 0.717) is 23.7 Å². The summed E-state index contributed by atoms with van der Waals surface area (Å²) in [6.45, 7) is 0.879. The molecule has 1 unspecified atom stereocenters. The Bertz CT molecular complexity index is 823. The van der Waals surface area contributed by atoms with Crippen molar-refractivity contribution in [3.63, 3.8) is 0 Å². The number of benzene rings is 2. The Morgan fingerprint density at radius 1 is 1.00 bits per heavy atom. The predicted octanol–water partition coefficient (Wildman–Crippen LogP) is 2.75. The summed E-state index contributed by atoms with van der Waals surface area (Å²) >= 11 is 0. The summed E-state index contributed by atoms with van der Waals surface area (Å²) in [5, 5.41) is 5.78. The van der Waals surface area contributed by atoms with E-state index in [0.717, 1.165) is 18.6 Å². The third-order valence-corrected chi connectivity index (χ3v) is 4.72. The maximum absolute atomic E-state index is 12.7. The van der Waals surface area contributed by atoms with Gasteiger partial charge in [-0.25, -0.2) is 0 Å². The molecule has 0 aliphatic carbocycles. The van der Waals surface area contributed by atoms with Crippen molar-refractivity contribution in [3.05, 3.63) is 48.5 Å². The van der Waals surface area contributed by atoms with E-state index in [4.69, 9.17) is 9.47 Å². The van der Waals surface area contributed by atoms with Gasteiger partial charge in [0.2, 0.25) is 11.8 Å². The highest BCUT2D eigenvalue weighted by Gasteiger charge is 2.31. The lowest BCUT2D eigenvalue weighted by atomic mass is 10.2. The second-order valence-electron chi connectivity index (χ2n) is 6.63. The number of methoxy groups -OCH3 is 2. The molecule has 7 heteroatoms. The van der Waals surface area contributed by atoms with Crippen LogP contribution in [0.2, 0.25) is 0 Å². The Hall–Kier alpha value is -3.06. The molecule has 2 aromatic carbocycles. The summed E-state index contributed by atoms with van der Waals surface area (Å²) in [7, 11) is 3.18. The van der Waals surface area contributed by atoms with Gasteiger partial charge in [-0.05, 0) is 55.8 Å². The Morgan fingerprint density at radius 3 is 2.46 bits per heavy atom. The molecule has 1 atom stereocenters. The van der Waals surface area contributed by atoms with E-state index in [-0.39, 0.29) is 24.4 Å². The van der Waals surface area contributed by atoms with E-state index in [1.54, 1.807) is 50.6 Å². The van der Waals surface area contributed by atoms with Crippen molar-refractivity contribution in [1.29, 1.82) is 0 Å². The van der Waals surface area contributed by atoms with Crippen LogP contribution in [0.15, 0.2) is 48.5 Å². The number of nitrogens with one attached hydrogen (secondary N) is 2. The van der Waals surface area contributed by atoms with E-state index in [1.165, 1.54) is 0 Å². The van der Waals surface area contributed by atoms with Crippen LogP contribution in [0.25, 0.3) is 0 Å². The van der Waals surface area contributed by atoms with Crippen molar-refractivity contribution < 1.29 is 19.1 Å². The molecule has 1 fully saturated rings. The number of anilines is 2. The van der Waals surface area contributed by atoms with Gasteiger partial charge in [-0.1, -0.05) is 6.07 Å². The number of carbonyl (C=O) groups is 2. The molecule has 7 nitrogen and oxygen atoms in total. The first-order chi connectivity index (χ1) is 13.6. The summed E-state index contributed by atoms with van der Waals surface area (Å²) in [6, 6.07) is 14.1. The number of nitrogens with zero attached hydrogens (tertiary/aromatic N) is 1. The summed E-state index contributed by atoms with van der Waals surface area (Å²) < 4.78 is 10.3. The van der Waals surface area contributed by atoms with E-state index < -0.39 is 0 Å². The van der Waals surface area contributed by atoms with Crippen LogP contribution in [0.4, 0.5) is 11.4 Å². The van der Waals surface area contributed by atoms with Gasteiger partial charge in [0.05, 0.1) is 26.8 Å². The third kappa shape index (κ3) is 5.01. The fourth-order valence-electron chi connectivity index (χ4n) is 3.30. The summed E-state index contributed by atoms with van der Waals surface area (Å²) in [5.41, 5.74) is 1.38. The molecule has 2 amide bonds. The van der Waals surface area contributed by atoms with Crippen LogP contribution >= 0.6 is 0 Å². The van der Waals surface area contributed by atoms with Crippen molar-refractivity contribution >= 4 is 23.2 Å². The highest BCUT2D eigenvalue weighted by Crippen LogP contribution is 2.21. The van der Waals surface area contributed by atoms with Gasteiger partial charge in [0, 0.05) is 17.4 Å². The lowest BCUT2D eigenvalue weighted by Crippen LogP contribution is -2.43. The Labute approximate surface area is 164 Å². The zero-order valence-corrected chi connectivity index (χ0v) is 16.1. The van der Waals surface area contributed by atoms with Crippen LogP contribution in [0.3, 0.4) is 0 Å². The third-order valence-electron chi connectivity index (χ3n) is 4.72. The topological polar surface area (TPSA) is 79.9 Å².